The summed E-state index contributed by atoms with van der Waals surface area (Å²) >= 11 is 0. The van der Waals surface area contributed by atoms with Crippen molar-refractivity contribution in [1.29, 1.82) is 0 Å². The molecule has 0 saturated carbocycles. The summed E-state index contributed by atoms with van der Waals surface area (Å²) in [6.07, 6.45) is -0.969. The Hall–Kier alpha value is -7.76. The van der Waals surface area contributed by atoms with Gasteiger partial charge in [0.15, 0.2) is 5.82 Å². The number of piperazine rings is 1. The molecule has 3 aliphatic rings. The molecule has 64 heavy (non-hydrogen) atoms. The van der Waals surface area contributed by atoms with Gasteiger partial charge in [0.25, 0.3) is 17.7 Å². The number of benzene rings is 4. The second-order valence-electron chi connectivity index (χ2n) is 16.2. The molecular formula is C46H47N9O9. The largest absolute Gasteiger partial charge is 0.508 e. The van der Waals surface area contributed by atoms with Crippen molar-refractivity contribution in [3.8, 4) is 28.6 Å². The number of hydrogen-bond donors (Lipinski definition) is 5. The number of rotatable bonds is 10. The lowest BCUT2D eigenvalue weighted by molar-refractivity contribution is -0.136. The van der Waals surface area contributed by atoms with E-state index in [1.54, 1.807) is 73.3 Å². The highest BCUT2D eigenvalue weighted by atomic mass is 16.4. The van der Waals surface area contributed by atoms with Crippen LogP contribution in [0.5, 0.6) is 11.5 Å². The van der Waals surface area contributed by atoms with Crippen molar-refractivity contribution >= 4 is 52.7 Å². The van der Waals surface area contributed by atoms with E-state index in [1.807, 2.05) is 26.0 Å². The fourth-order valence-corrected chi connectivity index (χ4v) is 8.63. The molecule has 1 atom stereocenters. The molecule has 3 aliphatic heterocycles. The van der Waals surface area contributed by atoms with Crippen molar-refractivity contribution in [2.45, 2.75) is 59.0 Å². The number of nitrogens with one attached hydrogen (secondary N) is 2. The third-order valence-electron chi connectivity index (χ3n) is 11.9. The zero-order valence-corrected chi connectivity index (χ0v) is 35.7. The van der Waals surface area contributed by atoms with Crippen molar-refractivity contribution in [3.63, 3.8) is 0 Å². The molecule has 0 radical (unpaired) electrons. The number of aromatic hydroxyl groups is 2. The molecule has 18 heteroatoms. The van der Waals surface area contributed by atoms with Crippen LogP contribution in [0.2, 0.25) is 0 Å². The molecule has 4 aromatic carbocycles. The molecule has 0 aliphatic carbocycles. The number of phenolic OH excluding ortho intramolecular Hbond substituents is 2. The van der Waals surface area contributed by atoms with E-state index in [4.69, 9.17) is 0 Å². The third kappa shape index (κ3) is 7.82. The van der Waals surface area contributed by atoms with Crippen molar-refractivity contribution < 1.29 is 44.1 Å². The van der Waals surface area contributed by atoms with Crippen LogP contribution in [0.15, 0.2) is 72.8 Å². The van der Waals surface area contributed by atoms with Crippen molar-refractivity contribution in [3.05, 3.63) is 106 Å². The molecule has 330 valence electrons. The predicted molar refractivity (Wildman–Crippen MR) is 234 cm³/mol. The lowest BCUT2D eigenvalue weighted by atomic mass is 9.98. The molecule has 2 saturated heterocycles. The minimum absolute atomic E-state index is 0.0120. The van der Waals surface area contributed by atoms with E-state index >= 15 is 0 Å². The Morgan fingerprint density at radius 1 is 0.875 bits per heavy atom. The first kappa shape index (κ1) is 42.9. The molecule has 0 bridgehead atoms. The average molecular weight is 870 g/mol. The number of carbonyl (C=O) groups is 6. The van der Waals surface area contributed by atoms with E-state index in [-0.39, 0.29) is 59.9 Å². The van der Waals surface area contributed by atoms with Crippen LogP contribution in [0, 0.1) is 6.92 Å². The van der Waals surface area contributed by atoms with Crippen LogP contribution in [0.3, 0.4) is 0 Å². The van der Waals surface area contributed by atoms with Crippen molar-refractivity contribution in [1.82, 2.24) is 35.2 Å². The zero-order chi connectivity index (χ0) is 45.6. The minimum atomic E-state index is -1.25. The lowest BCUT2D eigenvalue weighted by Crippen LogP contribution is -2.52. The molecule has 8 rings (SSSR count). The maximum atomic E-state index is 13.8. The molecule has 5 aromatic rings. The maximum Gasteiger partial charge on any atom is 0.416 e. The van der Waals surface area contributed by atoms with E-state index in [9.17, 15) is 44.1 Å². The van der Waals surface area contributed by atoms with Crippen molar-refractivity contribution in [2.24, 2.45) is 0 Å². The Morgan fingerprint density at radius 3 is 2.25 bits per heavy atom. The number of carbonyl (C=O) groups excluding carboxylic acids is 5. The first-order valence-electron chi connectivity index (χ1n) is 21.0. The van der Waals surface area contributed by atoms with Crippen LogP contribution in [-0.2, 0) is 16.1 Å². The van der Waals surface area contributed by atoms with Gasteiger partial charge in [-0.2, -0.15) is 0 Å². The number of imide groups is 1. The SMILES string of the molecule is CCNC(=O)c1nnc(-c2cc(C(C)C)c(O)cc2O)n1-c1ccc(C(=O)N2CCN(c3ccc(N(C(=O)O)c4cccc5c4CN(C4CCC(=O)NC4=O)C5=O)c(C)c3)CC2)cc1. The second-order valence-corrected chi connectivity index (χ2v) is 16.2. The first-order valence-corrected chi connectivity index (χ1v) is 21.0. The number of phenols is 2. The third-order valence-corrected chi connectivity index (χ3v) is 11.9. The van der Waals surface area contributed by atoms with E-state index < -0.39 is 35.8 Å². The molecule has 0 spiro atoms. The van der Waals surface area contributed by atoms with Crippen LogP contribution in [0.25, 0.3) is 17.1 Å². The molecule has 1 unspecified atom stereocenters. The molecular weight excluding hydrogens is 823 g/mol. The van der Waals surface area contributed by atoms with Crippen LogP contribution < -0.4 is 20.4 Å². The number of amides is 6. The maximum absolute atomic E-state index is 13.8. The molecule has 18 nitrogen and oxygen atoms in total. The molecule has 1 aromatic heterocycles. The van der Waals surface area contributed by atoms with Crippen LogP contribution in [-0.4, -0.2) is 114 Å². The highest BCUT2D eigenvalue weighted by molar-refractivity contribution is 6.07. The minimum Gasteiger partial charge on any atom is -0.508 e. The van der Waals surface area contributed by atoms with Gasteiger partial charge >= 0.3 is 6.09 Å². The van der Waals surface area contributed by atoms with Gasteiger partial charge in [0.05, 0.1) is 16.9 Å². The highest BCUT2D eigenvalue weighted by Crippen LogP contribution is 2.40. The number of anilines is 3. The van der Waals surface area contributed by atoms with Gasteiger partial charge in [-0.05, 0) is 98.0 Å². The fraction of sp³-hybridized carbons (Fsp3) is 0.304. The van der Waals surface area contributed by atoms with Gasteiger partial charge in [0, 0.05) is 79.8 Å². The quantitative estimate of drug-likeness (QED) is 0.116. The van der Waals surface area contributed by atoms with E-state index in [0.29, 0.717) is 77.6 Å². The second kappa shape index (κ2) is 17.2. The Kier molecular flexibility index (Phi) is 11.5. The summed E-state index contributed by atoms with van der Waals surface area (Å²) < 4.78 is 1.50. The summed E-state index contributed by atoms with van der Waals surface area (Å²) in [5.74, 6) is -2.27. The number of aryl methyl sites for hydroxylation is 1. The van der Waals surface area contributed by atoms with Crippen LogP contribution in [0.4, 0.5) is 21.9 Å². The lowest BCUT2D eigenvalue weighted by Gasteiger charge is -2.36. The van der Waals surface area contributed by atoms with E-state index in [1.165, 1.54) is 15.5 Å². The smallest absolute Gasteiger partial charge is 0.416 e. The Balaban J connectivity index is 0.971. The summed E-state index contributed by atoms with van der Waals surface area (Å²) in [5.41, 5.74) is 4.70. The molecule has 5 N–H and O–H groups in total. The number of piperidine rings is 1. The van der Waals surface area contributed by atoms with Crippen LogP contribution in [0.1, 0.15) is 87.6 Å². The standard InChI is InChI=1S/C46H47N9O9/c1-5-47-43(60)41-50-49-40(32-22-31(25(2)3)37(56)23-38(32)57)54(41)28-11-9-27(10-12-28)44(61)52-19-17-51(18-20-52)29-13-14-34(26(4)21-29)55(46(63)64)35-8-6-7-30-33(35)24-53(45(30)62)36-15-16-39(58)48-42(36)59/h6-14,21-23,25,36,56-57H,5,15-20,24H2,1-4H3,(H,47,60)(H,63,64)(H,48,58,59). The number of carboxylic acid groups (broad SMARTS) is 1. The monoisotopic (exact) mass is 869 g/mol. The number of nitrogens with zero attached hydrogens (tertiary/aromatic N) is 7. The van der Waals surface area contributed by atoms with Gasteiger partial charge in [-0.1, -0.05) is 19.9 Å². The summed E-state index contributed by atoms with van der Waals surface area (Å²) in [6.45, 7) is 9.56. The predicted octanol–water partition coefficient (Wildman–Crippen LogP) is 5.07. The Morgan fingerprint density at radius 2 is 1.59 bits per heavy atom. The zero-order valence-electron chi connectivity index (χ0n) is 35.7. The molecule has 6 amide bonds. The van der Waals surface area contributed by atoms with Crippen LogP contribution >= 0.6 is 0 Å². The summed E-state index contributed by atoms with van der Waals surface area (Å²) in [5, 5.41) is 45.3. The molecule has 2 fully saturated rings. The fourth-order valence-electron chi connectivity index (χ4n) is 8.63. The number of aromatic nitrogens is 3. The summed E-state index contributed by atoms with van der Waals surface area (Å²) in [7, 11) is 0. The normalized spacial score (nSPS) is 16.2. The van der Waals surface area contributed by atoms with Gasteiger partial charge < -0.3 is 35.3 Å². The summed E-state index contributed by atoms with van der Waals surface area (Å²) in [4.78, 5) is 84.2. The van der Waals surface area contributed by atoms with Gasteiger partial charge in [-0.15, -0.1) is 10.2 Å². The highest BCUT2D eigenvalue weighted by Gasteiger charge is 2.41. The number of fused-ring (bicyclic) bond motifs is 1. The summed E-state index contributed by atoms with van der Waals surface area (Å²) in [6, 6.07) is 19.0. The molecule has 4 heterocycles. The van der Waals surface area contributed by atoms with Crippen molar-refractivity contribution in [2.75, 3.05) is 42.5 Å². The van der Waals surface area contributed by atoms with Gasteiger partial charge in [0.2, 0.25) is 17.6 Å². The first-order chi connectivity index (χ1) is 30.7. The van der Waals surface area contributed by atoms with Gasteiger partial charge in [-0.25, -0.2) is 9.69 Å². The van der Waals surface area contributed by atoms with E-state index in [2.05, 4.69) is 25.7 Å². The van der Waals surface area contributed by atoms with E-state index in [0.717, 1.165) is 10.6 Å². The Labute approximate surface area is 367 Å². The number of hydrogen-bond acceptors (Lipinski definition) is 11. The topological polar surface area (TPSA) is 231 Å². The van der Waals surface area contributed by atoms with Gasteiger partial charge in [-0.3, -0.25) is 33.9 Å². The Bertz CT molecular complexity index is 2720. The average Bonchev–Trinajstić information content (AvgIpc) is 3.86. The van der Waals surface area contributed by atoms with Gasteiger partial charge in [0.1, 0.15) is 17.5 Å².